The third-order valence-electron chi connectivity index (χ3n) is 7.40. The summed E-state index contributed by atoms with van der Waals surface area (Å²) in [6.07, 6.45) is 4.54. The lowest BCUT2D eigenvalue weighted by Crippen LogP contribution is -2.61. The number of hydrogen-bond donors (Lipinski definition) is 0. The van der Waals surface area contributed by atoms with E-state index in [0.29, 0.717) is 30.1 Å². The molecule has 1 heterocycles. The topological polar surface area (TPSA) is 74.3 Å². The summed E-state index contributed by atoms with van der Waals surface area (Å²) in [4.78, 5) is 27.0. The third-order valence-corrected chi connectivity index (χ3v) is 7.40. The molecular formula is C25H33NO6. The molecule has 0 spiro atoms. The average Bonchev–Trinajstić information content (AvgIpc) is 2.80. The van der Waals surface area contributed by atoms with Crippen molar-refractivity contribution in [1.29, 1.82) is 0 Å². The molecule has 0 amide bonds. The molecule has 1 fully saturated rings. The zero-order valence-corrected chi connectivity index (χ0v) is 19.6. The summed E-state index contributed by atoms with van der Waals surface area (Å²) in [5.74, 6) is 1.37. The lowest BCUT2D eigenvalue weighted by Gasteiger charge is -2.58. The second kappa shape index (κ2) is 8.77. The van der Waals surface area contributed by atoms with E-state index in [1.165, 1.54) is 0 Å². The zero-order valence-electron chi connectivity index (χ0n) is 19.6. The van der Waals surface area contributed by atoms with Crippen molar-refractivity contribution in [3.8, 4) is 11.5 Å². The first kappa shape index (κ1) is 22.6. The Labute approximate surface area is 189 Å². The van der Waals surface area contributed by atoms with Gasteiger partial charge in [-0.3, -0.25) is 9.59 Å². The van der Waals surface area contributed by atoms with Crippen molar-refractivity contribution in [3.05, 3.63) is 35.1 Å². The van der Waals surface area contributed by atoms with Gasteiger partial charge in [0.25, 0.3) is 0 Å². The summed E-state index contributed by atoms with van der Waals surface area (Å²) >= 11 is 0. The van der Waals surface area contributed by atoms with Crippen molar-refractivity contribution in [2.75, 3.05) is 27.8 Å². The zero-order chi connectivity index (χ0) is 23.0. The van der Waals surface area contributed by atoms with Crippen LogP contribution >= 0.6 is 0 Å². The van der Waals surface area contributed by atoms with Crippen molar-refractivity contribution >= 4 is 11.9 Å². The number of ether oxygens (including phenoxy) is 4. The quantitative estimate of drug-likeness (QED) is 0.493. The lowest BCUT2D eigenvalue weighted by molar-refractivity contribution is -0.151. The standard InChI is InChI=1S/C25H33NO6/c1-6-21(27)31-20-14-25-10-11-26(3)17(16(25)13-19(20)30-5)12-15-8-9-18(29-4)24(23(15)25)32-22(28)7-2/h8-9,13,16-17,20H,6-7,10-12,14H2,1-5H3/t16-,17+,20?,25+/m0/s1. The van der Waals surface area contributed by atoms with E-state index in [2.05, 4.69) is 24.1 Å². The SMILES string of the molecule is CCC(=O)Oc1c(OC)ccc2c1[C@@]13CCN(C)[C@H](C2)[C@@H]1C=C(OC)C(OC(=O)CC)C3. The Kier molecular flexibility index (Phi) is 6.21. The number of likely N-dealkylation sites (tertiary alicyclic amines) is 1. The minimum Gasteiger partial charge on any atom is -0.497 e. The van der Waals surface area contributed by atoms with Crippen molar-refractivity contribution in [3.63, 3.8) is 0 Å². The van der Waals surface area contributed by atoms with Crippen LogP contribution in [0.2, 0.25) is 0 Å². The number of benzene rings is 1. The van der Waals surface area contributed by atoms with Crippen molar-refractivity contribution in [2.24, 2.45) is 5.92 Å². The van der Waals surface area contributed by atoms with Crippen molar-refractivity contribution in [1.82, 2.24) is 4.90 Å². The van der Waals surface area contributed by atoms with E-state index in [1.807, 2.05) is 6.07 Å². The molecule has 0 radical (unpaired) electrons. The molecule has 0 saturated carbocycles. The Morgan fingerprint density at radius 1 is 1.12 bits per heavy atom. The van der Waals surface area contributed by atoms with Gasteiger partial charge in [0.2, 0.25) is 0 Å². The predicted molar refractivity (Wildman–Crippen MR) is 119 cm³/mol. The van der Waals surface area contributed by atoms with Crippen LogP contribution in [-0.2, 0) is 30.9 Å². The lowest BCUT2D eigenvalue weighted by atomic mass is 9.53. The Bertz CT molecular complexity index is 941. The van der Waals surface area contributed by atoms with Gasteiger partial charge in [-0.2, -0.15) is 0 Å². The second-order valence-electron chi connectivity index (χ2n) is 8.95. The summed E-state index contributed by atoms with van der Waals surface area (Å²) in [7, 11) is 5.38. The number of fused-ring (bicyclic) bond motifs is 1. The number of likely N-dealkylation sites (N-methyl/N-ethyl adjacent to an activating group) is 1. The van der Waals surface area contributed by atoms with Crippen LogP contribution in [0.25, 0.3) is 0 Å². The molecule has 4 atom stereocenters. The highest BCUT2D eigenvalue weighted by Gasteiger charge is 2.57. The number of carbonyl (C=O) groups is 2. The summed E-state index contributed by atoms with van der Waals surface area (Å²) in [6.45, 7) is 4.48. The number of nitrogens with zero attached hydrogens (tertiary/aromatic N) is 1. The highest BCUT2D eigenvalue weighted by atomic mass is 16.6. The molecule has 7 nitrogen and oxygen atoms in total. The largest absolute Gasteiger partial charge is 0.497 e. The predicted octanol–water partition coefficient (Wildman–Crippen LogP) is 3.38. The average molecular weight is 444 g/mol. The van der Waals surface area contributed by atoms with Gasteiger partial charge in [-0.05, 0) is 44.1 Å². The molecule has 2 bridgehead atoms. The molecule has 1 saturated heterocycles. The van der Waals surface area contributed by atoms with Gasteiger partial charge in [0.05, 0.1) is 14.2 Å². The molecule has 2 aliphatic carbocycles. The Morgan fingerprint density at radius 2 is 1.88 bits per heavy atom. The second-order valence-corrected chi connectivity index (χ2v) is 8.95. The van der Waals surface area contributed by atoms with Crippen LogP contribution < -0.4 is 9.47 Å². The van der Waals surface area contributed by atoms with Crippen LogP contribution in [-0.4, -0.2) is 56.8 Å². The minimum atomic E-state index is -0.473. The summed E-state index contributed by atoms with van der Waals surface area (Å²) in [5.41, 5.74) is 1.84. The van der Waals surface area contributed by atoms with Crippen molar-refractivity contribution < 1.29 is 28.5 Å². The van der Waals surface area contributed by atoms with Gasteiger partial charge in [0.1, 0.15) is 5.76 Å². The molecule has 1 aromatic carbocycles. The Morgan fingerprint density at radius 3 is 2.53 bits per heavy atom. The van der Waals surface area contributed by atoms with E-state index in [4.69, 9.17) is 18.9 Å². The molecule has 4 rings (SSSR count). The first-order valence-electron chi connectivity index (χ1n) is 11.4. The number of esters is 2. The van der Waals surface area contributed by atoms with E-state index in [0.717, 1.165) is 30.5 Å². The van der Waals surface area contributed by atoms with Crippen LogP contribution in [0.15, 0.2) is 24.0 Å². The van der Waals surface area contributed by atoms with Gasteiger partial charge in [0.15, 0.2) is 17.6 Å². The van der Waals surface area contributed by atoms with Crippen molar-refractivity contribution in [2.45, 2.75) is 63.5 Å². The highest BCUT2D eigenvalue weighted by molar-refractivity contribution is 5.75. The Balaban J connectivity index is 1.91. The number of piperidine rings is 1. The van der Waals surface area contributed by atoms with Gasteiger partial charge in [-0.25, -0.2) is 0 Å². The van der Waals surface area contributed by atoms with Gasteiger partial charge < -0.3 is 23.8 Å². The maximum absolute atomic E-state index is 12.4. The van der Waals surface area contributed by atoms with Crippen LogP contribution in [0.1, 0.15) is 50.7 Å². The monoisotopic (exact) mass is 443 g/mol. The van der Waals surface area contributed by atoms with Crippen LogP contribution in [0.4, 0.5) is 0 Å². The maximum Gasteiger partial charge on any atom is 0.311 e. The number of methoxy groups -OCH3 is 2. The van der Waals surface area contributed by atoms with E-state index in [1.54, 1.807) is 28.1 Å². The molecule has 32 heavy (non-hydrogen) atoms. The fourth-order valence-electron chi connectivity index (χ4n) is 5.79. The molecule has 174 valence electrons. The normalized spacial score (nSPS) is 28.7. The highest BCUT2D eigenvalue weighted by Crippen LogP contribution is 2.59. The van der Waals surface area contributed by atoms with Gasteiger partial charge in [0, 0.05) is 42.2 Å². The number of hydrogen-bond acceptors (Lipinski definition) is 7. The van der Waals surface area contributed by atoms with Crippen LogP contribution in [0.3, 0.4) is 0 Å². The first-order chi connectivity index (χ1) is 15.4. The van der Waals surface area contributed by atoms with E-state index in [-0.39, 0.29) is 35.7 Å². The fraction of sp³-hybridized carbons (Fsp3) is 0.600. The number of rotatable bonds is 6. The summed E-state index contributed by atoms with van der Waals surface area (Å²) < 4.78 is 23.1. The summed E-state index contributed by atoms with van der Waals surface area (Å²) in [6, 6.07) is 4.26. The molecule has 1 aliphatic heterocycles. The number of carbonyl (C=O) groups excluding carboxylic acids is 2. The maximum atomic E-state index is 12.4. The van der Waals surface area contributed by atoms with E-state index < -0.39 is 6.10 Å². The Hall–Kier alpha value is -2.54. The summed E-state index contributed by atoms with van der Waals surface area (Å²) in [5, 5.41) is 0. The first-order valence-corrected chi connectivity index (χ1v) is 11.4. The van der Waals surface area contributed by atoms with Crippen LogP contribution in [0, 0.1) is 5.92 Å². The molecule has 3 aliphatic rings. The van der Waals surface area contributed by atoms with Crippen LogP contribution in [0.5, 0.6) is 11.5 Å². The molecule has 7 heteroatoms. The van der Waals surface area contributed by atoms with Gasteiger partial charge in [-0.1, -0.05) is 19.9 Å². The molecule has 1 unspecified atom stereocenters. The molecule has 1 aromatic rings. The molecular weight excluding hydrogens is 410 g/mol. The van der Waals surface area contributed by atoms with E-state index in [9.17, 15) is 9.59 Å². The van der Waals surface area contributed by atoms with Gasteiger partial charge in [-0.15, -0.1) is 0 Å². The van der Waals surface area contributed by atoms with E-state index >= 15 is 0 Å². The minimum absolute atomic E-state index is 0.145. The fourth-order valence-corrected chi connectivity index (χ4v) is 5.79. The third kappa shape index (κ3) is 3.56. The molecule has 0 aromatic heterocycles. The van der Waals surface area contributed by atoms with Gasteiger partial charge >= 0.3 is 11.9 Å². The molecule has 0 N–H and O–H groups in total. The smallest absolute Gasteiger partial charge is 0.311 e.